The highest BCUT2D eigenvalue weighted by Crippen LogP contribution is 2.35. The van der Waals surface area contributed by atoms with Gasteiger partial charge in [0.25, 0.3) is 5.91 Å². The molecule has 0 aromatic carbocycles. The van der Waals surface area contributed by atoms with Crippen molar-refractivity contribution < 1.29 is 4.79 Å². The van der Waals surface area contributed by atoms with E-state index < -0.39 is 0 Å². The van der Waals surface area contributed by atoms with E-state index in [0.717, 1.165) is 28.8 Å². The number of carbonyl (C=O) groups is 1. The molecular weight excluding hydrogens is 340 g/mol. The fourth-order valence-electron chi connectivity index (χ4n) is 3.07. The molecule has 3 heterocycles. The van der Waals surface area contributed by atoms with Crippen molar-refractivity contribution in [3.05, 3.63) is 33.3 Å². The zero-order valence-corrected chi connectivity index (χ0v) is 15.0. The maximum atomic E-state index is 12.5. The summed E-state index contributed by atoms with van der Waals surface area (Å²) in [6, 6.07) is 2.14. The Labute approximate surface area is 147 Å². The maximum absolute atomic E-state index is 12.5. The Kier molecular flexibility index (Phi) is 3.97. The number of nitrogens with zero attached hydrogens (tertiary/aromatic N) is 2. The van der Waals surface area contributed by atoms with Crippen LogP contribution in [0, 0.1) is 6.92 Å². The molecule has 0 bridgehead atoms. The SMILES string of the molecule is Cc1csc(NC(=O)c2sc3nc4c(cc3c2N)CCCCC4)n1. The molecule has 0 aliphatic heterocycles. The monoisotopic (exact) mass is 358 g/mol. The van der Waals surface area contributed by atoms with Crippen LogP contribution in [-0.4, -0.2) is 15.9 Å². The summed E-state index contributed by atoms with van der Waals surface area (Å²) >= 11 is 2.78. The molecule has 0 atom stereocenters. The number of aromatic nitrogens is 2. The second-order valence-electron chi connectivity index (χ2n) is 6.10. The van der Waals surface area contributed by atoms with Crippen LogP contribution >= 0.6 is 22.7 Å². The smallest absolute Gasteiger partial charge is 0.269 e. The highest BCUT2D eigenvalue weighted by atomic mass is 32.1. The molecule has 0 unspecified atom stereocenters. The van der Waals surface area contributed by atoms with E-state index in [1.54, 1.807) is 0 Å². The molecule has 3 aromatic rings. The Balaban J connectivity index is 1.71. The van der Waals surface area contributed by atoms with Gasteiger partial charge in [-0.3, -0.25) is 10.1 Å². The number of hydrogen-bond acceptors (Lipinski definition) is 6. The van der Waals surface area contributed by atoms with Crippen molar-refractivity contribution in [2.75, 3.05) is 11.1 Å². The van der Waals surface area contributed by atoms with Crippen LogP contribution in [0.15, 0.2) is 11.4 Å². The van der Waals surface area contributed by atoms with Crippen LogP contribution in [0.2, 0.25) is 0 Å². The van der Waals surface area contributed by atoms with Gasteiger partial charge in [-0.15, -0.1) is 22.7 Å². The Morgan fingerprint density at radius 2 is 2.08 bits per heavy atom. The molecule has 4 rings (SSSR count). The van der Waals surface area contributed by atoms with Crippen molar-refractivity contribution in [3.8, 4) is 0 Å². The van der Waals surface area contributed by atoms with Gasteiger partial charge in [-0.1, -0.05) is 6.42 Å². The predicted octanol–water partition coefficient (Wildman–Crippen LogP) is 4.16. The first kappa shape index (κ1) is 15.5. The number of nitrogens with two attached hydrogens (primary N) is 1. The van der Waals surface area contributed by atoms with Crippen LogP contribution < -0.4 is 11.1 Å². The standard InChI is InChI=1S/C17H18N4OS2/c1-9-8-23-17(19-9)21-15(22)14-13(18)11-7-10-5-3-2-4-6-12(10)20-16(11)24-14/h7-8H,2-6,18H2,1H3,(H,19,21,22). The van der Waals surface area contributed by atoms with Crippen LogP contribution in [0.3, 0.4) is 0 Å². The lowest BCUT2D eigenvalue weighted by Crippen LogP contribution is -2.11. The molecular formula is C17H18N4OS2. The second-order valence-corrected chi connectivity index (χ2v) is 7.96. The molecule has 0 spiro atoms. The summed E-state index contributed by atoms with van der Waals surface area (Å²) in [6.07, 6.45) is 5.70. The minimum Gasteiger partial charge on any atom is -0.397 e. The number of hydrogen-bond donors (Lipinski definition) is 2. The van der Waals surface area contributed by atoms with Gasteiger partial charge in [0, 0.05) is 16.5 Å². The number of amides is 1. The number of nitrogens with one attached hydrogen (secondary N) is 1. The lowest BCUT2D eigenvalue weighted by Gasteiger charge is -2.04. The van der Waals surface area contributed by atoms with Crippen LogP contribution in [-0.2, 0) is 12.8 Å². The normalized spacial score (nSPS) is 14.4. The minimum absolute atomic E-state index is 0.208. The van der Waals surface area contributed by atoms with Crippen molar-refractivity contribution in [2.45, 2.75) is 39.0 Å². The average Bonchev–Trinajstić information content (AvgIpc) is 3.01. The van der Waals surface area contributed by atoms with Gasteiger partial charge >= 0.3 is 0 Å². The van der Waals surface area contributed by atoms with Gasteiger partial charge in [0.05, 0.1) is 11.4 Å². The molecule has 0 fully saturated rings. The lowest BCUT2D eigenvalue weighted by molar-refractivity contribution is 0.103. The zero-order chi connectivity index (χ0) is 16.7. The van der Waals surface area contributed by atoms with Crippen LogP contribution in [0.1, 0.15) is 45.9 Å². The van der Waals surface area contributed by atoms with Crippen LogP contribution in [0.5, 0.6) is 0 Å². The molecule has 1 amide bonds. The summed E-state index contributed by atoms with van der Waals surface area (Å²) in [4.78, 5) is 23.0. The van der Waals surface area contributed by atoms with E-state index in [2.05, 4.69) is 16.4 Å². The van der Waals surface area contributed by atoms with Gasteiger partial charge in [-0.2, -0.15) is 0 Å². The molecule has 1 aliphatic carbocycles. The highest BCUT2D eigenvalue weighted by Gasteiger charge is 2.20. The van der Waals surface area contributed by atoms with Gasteiger partial charge in [0.15, 0.2) is 5.13 Å². The Morgan fingerprint density at radius 3 is 2.88 bits per heavy atom. The first-order valence-electron chi connectivity index (χ1n) is 8.06. The van der Waals surface area contributed by atoms with E-state index in [9.17, 15) is 4.79 Å². The van der Waals surface area contributed by atoms with E-state index in [4.69, 9.17) is 10.7 Å². The number of aryl methyl sites for hydroxylation is 3. The first-order chi connectivity index (χ1) is 11.6. The van der Waals surface area contributed by atoms with Crippen molar-refractivity contribution in [1.29, 1.82) is 0 Å². The average molecular weight is 358 g/mol. The van der Waals surface area contributed by atoms with Gasteiger partial charge in [0.1, 0.15) is 9.71 Å². The van der Waals surface area contributed by atoms with Crippen LogP contribution in [0.4, 0.5) is 10.8 Å². The summed E-state index contributed by atoms with van der Waals surface area (Å²) in [5.41, 5.74) is 10.1. The molecule has 24 heavy (non-hydrogen) atoms. The van der Waals surface area contributed by atoms with Crippen molar-refractivity contribution in [2.24, 2.45) is 0 Å². The van der Waals surface area contributed by atoms with Gasteiger partial charge in [0.2, 0.25) is 0 Å². The summed E-state index contributed by atoms with van der Waals surface area (Å²) in [5, 5.41) is 6.24. The third-order valence-corrected chi connectivity index (χ3v) is 6.28. The predicted molar refractivity (Wildman–Crippen MR) is 100 cm³/mol. The quantitative estimate of drug-likeness (QED) is 0.674. The molecule has 3 N–H and O–H groups in total. The zero-order valence-electron chi connectivity index (χ0n) is 13.4. The van der Waals surface area contributed by atoms with E-state index in [-0.39, 0.29) is 5.91 Å². The van der Waals surface area contributed by atoms with Crippen molar-refractivity contribution >= 4 is 49.6 Å². The second kappa shape index (κ2) is 6.14. The van der Waals surface area contributed by atoms with Crippen molar-refractivity contribution in [3.63, 3.8) is 0 Å². The fraction of sp³-hybridized carbons (Fsp3) is 0.353. The number of nitrogen functional groups attached to an aromatic ring is 1. The lowest BCUT2D eigenvalue weighted by atomic mass is 10.1. The maximum Gasteiger partial charge on any atom is 0.269 e. The number of anilines is 2. The molecule has 0 saturated carbocycles. The Hall–Kier alpha value is -1.99. The Bertz CT molecular complexity index is 928. The molecule has 7 heteroatoms. The number of thiophene rings is 1. The largest absolute Gasteiger partial charge is 0.397 e. The van der Waals surface area contributed by atoms with E-state index in [0.29, 0.717) is 15.7 Å². The molecule has 0 radical (unpaired) electrons. The summed E-state index contributed by atoms with van der Waals surface area (Å²) in [6.45, 7) is 1.90. The minimum atomic E-state index is -0.208. The molecule has 124 valence electrons. The highest BCUT2D eigenvalue weighted by molar-refractivity contribution is 7.21. The summed E-state index contributed by atoms with van der Waals surface area (Å²) in [7, 11) is 0. The van der Waals surface area contributed by atoms with Gasteiger partial charge in [-0.05, 0) is 44.2 Å². The van der Waals surface area contributed by atoms with Gasteiger partial charge < -0.3 is 5.73 Å². The third-order valence-electron chi connectivity index (χ3n) is 4.30. The van der Waals surface area contributed by atoms with E-state index in [1.165, 1.54) is 53.2 Å². The topological polar surface area (TPSA) is 80.9 Å². The summed E-state index contributed by atoms with van der Waals surface area (Å²) < 4.78 is 0. The molecule has 5 nitrogen and oxygen atoms in total. The number of carbonyl (C=O) groups excluding carboxylic acids is 1. The molecule has 0 saturated heterocycles. The van der Waals surface area contributed by atoms with Crippen molar-refractivity contribution in [1.82, 2.24) is 9.97 Å². The number of pyridine rings is 1. The van der Waals surface area contributed by atoms with Gasteiger partial charge in [-0.25, -0.2) is 9.97 Å². The van der Waals surface area contributed by atoms with E-state index in [1.807, 2.05) is 12.3 Å². The number of rotatable bonds is 2. The molecule has 3 aromatic heterocycles. The third kappa shape index (κ3) is 2.78. The number of fused-ring (bicyclic) bond motifs is 2. The number of thiazole rings is 1. The van der Waals surface area contributed by atoms with Crippen LogP contribution in [0.25, 0.3) is 10.2 Å². The van der Waals surface area contributed by atoms with E-state index >= 15 is 0 Å². The Morgan fingerprint density at radius 1 is 1.25 bits per heavy atom. The fourth-order valence-corrected chi connectivity index (χ4v) is 4.74. The molecule has 1 aliphatic rings. The first-order valence-corrected chi connectivity index (χ1v) is 9.75. The summed E-state index contributed by atoms with van der Waals surface area (Å²) in [5.74, 6) is -0.208.